The molecule has 1 amide bonds. The van der Waals surface area contributed by atoms with Gasteiger partial charge in [-0.05, 0) is 60.8 Å². The molecule has 1 aliphatic heterocycles. The van der Waals surface area contributed by atoms with E-state index in [1.807, 2.05) is 41.8 Å². The zero-order valence-electron chi connectivity index (χ0n) is 14.6. The third-order valence-electron chi connectivity index (χ3n) is 4.37. The standard InChI is InChI=1S/C20H19N3O3S/c24-20(21-16-7-3-14(4-8-16)19-13-27-23-22-19)15-5-9-17(10-6-15)26-12-18-2-1-11-25-18/h3-10,13,18H,1-2,11-12H2,(H,21,24). The van der Waals surface area contributed by atoms with E-state index in [-0.39, 0.29) is 12.0 Å². The number of rotatable bonds is 6. The van der Waals surface area contributed by atoms with E-state index in [2.05, 4.69) is 14.9 Å². The van der Waals surface area contributed by atoms with Crippen molar-refractivity contribution < 1.29 is 14.3 Å². The van der Waals surface area contributed by atoms with Crippen LogP contribution in [0.25, 0.3) is 11.3 Å². The van der Waals surface area contributed by atoms with E-state index in [1.54, 1.807) is 12.1 Å². The fourth-order valence-corrected chi connectivity index (χ4v) is 3.35. The summed E-state index contributed by atoms with van der Waals surface area (Å²) in [4.78, 5) is 12.4. The van der Waals surface area contributed by atoms with Crippen LogP contribution in [-0.2, 0) is 4.74 Å². The molecule has 6 nitrogen and oxygen atoms in total. The lowest BCUT2D eigenvalue weighted by Crippen LogP contribution is -2.16. The van der Waals surface area contributed by atoms with E-state index in [1.165, 1.54) is 11.5 Å². The number of benzene rings is 2. The molecular formula is C20H19N3O3S. The van der Waals surface area contributed by atoms with E-state index >= 15 is 0 Å². The molecule has 1 aliphatic rings. The molecular weight excluding hydrogens is 362 g/mol. The minimum Gasteiger partial charge on any atom is -0.491 e. The Hall–Kier alpha value is -2.77. The number of hydrogen-bond acceptors (Lipinski definition) is 6. The molecule has 1 fully saturated rings. The van der Waals surface area contributed by atoms with E-state index in [9.17, 15) is 4.79 Å². The monoisotopic (exact) mass is 381 g/mol. The van der Waals surface area contributed by atoms with Gasteiger partial charge in [-0.1, -0.05) is 16.6 Å². The van der Waals surface area contributed by atoms with Crippen molar-refractivity contribution in [3.8, 4) is 17.0 Å². The minimum atomic E-state index is -0.163. The maximum atomic E-state index is 12.4. The first-order valence-electron chi connectivity index (χ1n) is 8.81. The summed E-state index contributed by atoms with van der Waals surface area (Å²) in [6.45, 7) is 1.36. The summed E-state index contributed by atoms with van der Waals surface area (Å²) < 4.78 is 15.1. The third-order valence-corrected chi connectivity index (χ3v) is 4.88. The van der Waals surface area contributed by atoms with E-state index < -0.39 is 0 Å². The number of nitrogens with one attached hydrogen (secondary N) is 1. The smallest absolute Gasteiger partial charge is 0.255 e. The molecule has 1 saturated heterocycles. The molecule has 0 radical (unpaired) electrons. The fourth-order valence-electron chi connectivity index (χ4n) is 2.89. The lowest BCUT2D eigenvalue weighted by Gasteiger charge is -2.12. The number of hydrogen-bond donors (Lipinski definition) is 1. The van der Waals surface area contributed by atoms with Gasteiger partial charge in [-0.3, -0.25) is 4.79 Å². The molecule has 0 bridgehead atoms. The van der Waals surface area contributed by atoms with Crippen molar-refractivity contribution >= 4 is 23.1 Å². The summed E-state index contributed by atoms with van der Waals surface area (Å²) in [5.74, 6) is 0.576. The Kier molecular flexibility index (Phi) is 5.41. The highest BCUT2D eigenvalue weighted by Crippen LogP contribution is 2.21. The lowest BCUT2D eigenvalue weighted by atomic mass is 10.1. The highest BCUT2D eigenvalue weighted by Gasteiger charge is 2.16. The molecule has 2 heterocycles. The van der Waals surface area contributed by atoms with Gasteiger partial charge in [0.2, 0.25) is 0 Å². The average molecular weight is 381 g/mol. The zero-order chi connectivity index (χ0) is 18.5. The highest BCUT2D eigenvalue weighted by atomic mass is 32.1. The molecule has 0 saturated carbocycles. The molecule has 2 aromatic carbocycles. The first-order chi connectivity index (χ1) is 13.3. The molecule has 1 atom stereocenters. The quantitative estimate of drug-likeness (QED) is 0.698. The molecule has 3 aromatic rings. The van der Waals surface area contributed by atoms with Gasteiger partial charge in [0, 0.05) is 28.8 Å². The first kappa shape index (κ1) is 17.6. The van der Waals surface area contributed by atoms with Crippen LogP contribution in [0.1, 0.15) is 23.2 Å². The van der Waals surface area contributed by atoms with Crippen molar-refractivity contribution in [3.05, 3.63) is 59.5 Å². The molecule has 138 valence electrons. The van der Waals surface area contributed by atoms with Crippen LogP contribution >= 0.6 is 11.5 Å². The van der Waals surface area contributed by atoms with Gasteiger partial charge in [0.15, 0.2) is 0 Å². The van der Waals surface area contributed by atoms with Gasteiger partial charge in [-0.15, -0.1) is 5.10 Å². The minimum absolute atomic E-state index is 0.163. The fraction of sp³-hybridized carbons (Fsp3) is 0.250. The molecule has 0 aliphatic carbocycles. The number of amides is 1. The van der Waals surface area contributed by atoms with Crippen LogP contribution in [0.4, 0.5) is 5.69 Å². The number of carbonyl (C=O) groups excluding carboxylic acids is 1. The second-order valence-electron chi connectivity index (χ2n) is 6.29. The van der Waals surface area contributed by atoms with Gasteiger partial charge < -0.3 is 14.8 Å². The van der Waals surface area contributed by atoms with E-state index in [0.29, 0.717) is 12.2 Å². The zero-order valence-corrected chi connectivity index (χ0v) is 15.4. The molecule has 1 N–H and O–H groups in total. The van der Waals surface area contributed by atoms with Crippen molar-refractivity contribution in [1.82, 2.24) is 9.59 Å². The van der Waals surface area contributed by atoms with E-state index in [4.69, 9.17) is 9.47 Å². The van der Waals surface area contributed by atoms with Gasteiger partial charge in [0.25, 0.3) is 5.91 Å². The van der Waals surface area contributed by atoms with Crippen LogP contribution in [0, 0.1) is 0 Å². The number of aromatic nitrogens is 2. The Morgan fingerprint density at radius 3 is 2.67 bits per heavy atom. The predicted octanol–water partition coefficient (Wildman–Crippen LogP) is 4.02. The van der Waals surface area contributed by atoms with Crippen molar-refractivity contribution in [3.63, 3.8) is 0 Å². The molecule has 4 rings (SSSR count). The summed E-state index contributed by atoms with van der Waals surface area (Å²) in [6, 6.07) is 14.7. The van der Waals surface area contributed by atoms with Crippen LogP contribution in [0.2, 0.25) is 0 Å². The first-order valence-corrected chi connectivity index (χ1v) is 9.65. The summed E-state index contributed by atoms with van der Waals surface area (Å²) in [5, 5.41) is 8.81. The second kappa shape index (κ2) is 8.28. The van der Waals surface area contributed by atoms with Gasteiger partial charge in [-0.2, -0.15) is 0 Å². The van der Waals surface area contributed by atoms with E-state index in [0.717, 1.165) is 42.1 Å². The molecule has 0 spiro atoms. The van der Waals surface area contributed by atoms with Crippen molar-refractivity contribution in [2.75, 3.05) is 18.5 Å². The Labute approximate surface area is 161 Å². The number of ether oxygens (including phenoxy) is 2. The Balaban J connectivity index is 1.33. The van der Waals surface area contributed by atoms with Crippen LogP contribution < -0.4 is 10.1 Å². The lowest BCUT2D eigenvalue weighted by molar-refractivity contribution is 0.0679. The predicted molar refractivity (Wildman–Crippen MR) is 104 cm³/mol. The van der Waals surface area contributed by atoms with Crippen LogP contribution in [0.15, 0.2) is 53.9 Å². The maximum Gasteiger partial charge on any atom is 0.255 e. The summed E-state index contributed by atoms with van der Waals surface area (Å²) in [7, 11) is 0. The largest absolute Gasteiger partial charge is 0.491 e. The second-order valence-corrected chi connectivity index (χ2v) is 6.90. The highest BCUT2D eigenvalue weighted by molar-refractivity contribution is 7.03. The maximum absolute atomic E-state index is 12.4. The van der Waals surface area contributed by atoms with Gasteiger partial charge >= 0.3 is 0 Å². The molecule has 7 heteroatoms. The van der Waals surface area contributed by atoms with Crippen molar-refractivity contribution in [2.24, 2.45) is 0 Å². The summed E-state index contributed by atoms with van der Waals surface area (Å²) in [6.07, 6.45) is 2.31. The third kappa shape index (κ3) is 4.50. The average Bonchev–Trinajstić information content (AvgIpc) is 3.41. The number of carbonyl (C=O) groups is 1. The molecule has 1 aromatic heterocycles. The summed E-state index contributed by atoms with van der Waals surface area (Å²) in [5.41, 5.74) is 3.10. The normalized spacial score (nSPS) is 16.2. The van der Waals surface area contributed by atoms with Crippen LogP contribution in [0.5, 0.6) is 5.75 Å². The van der Waals surface area contributed by atoms with Crippen LogP contribution in [-0.4, -0.2) is 34.8 Å². The van der Waals surface area contributed by atoms with Gasteiger partial charge in [0.05, 0.1) is 6.10 Å². The molecule has 1 unspecified atom stereocenters. The summed E-state index contributed by atoms with van der Waals surface area (Å²) >= 11 is 1.31. The van der Waals surface area contributed by atoms with Gasteiger partial charge in [-0.25, -0.2) is 0 Å². The topological polar surface area (TPSA) is 73.3 Å². The number of nitrogens with zero attached hydrogens (tertiary/aromatic N) is 2. The van der Waals surface area contributed by atoms with Crippen LogP contribution in [0.3, 0.4) is 0 Å². The Bertz CT molecular complexity index is 874. The number of anilines is 1. The van der Waals surface area contributed by atoms with Crippen molar-refractivity contribution in [2.45, 2.75) is 18.9 Å². The Morgan fingerprint density at radius 1 is 1.19 bits per heavy atom. The Morgan fingerprint density at radius 2 is 2.00 bits per heavy atom. The van der Waals surface area contributed by atoms with Crippen molar-refractivity contribution in [1.29, 1.82) is 0 Å². The SMILES string of the molecule is O=C(Nc1ccc(-c2csnn2)cc1)c1ccc(OCC2CCCO2)cc1. The molecule has 27 heavy (non-hydrogen) atoms. The van der Waals surface area contributed by atoms with Gasteiger partial charge in [0.1, 0.15) is 18.1 Å².